The molecular weight excluding hydrogens is 507 g/mol. The molecule has 0 radical (unpaired) electrons. The van der Waals surface area contributed by atoms with Gasteiger partial charge in [-0.3, -0.25) is 14.6 Å². The van der Waals surface area contributed by atoms with Crippen LogP contribution in [0, 0.1) is 11.8 Å². The maximum atomic E-state index is 13.8. The Morgan fingerprint density at radius 2 is 1.70 bits per heavy atom. The first-order valence-electron chi connectivity index (χ1n) is 13.7. The van der Waals surface area contributed by atoms with Gasteiger partial charge < -0.3 is 25.5 Å². The number of amides is 2. The lowest BCUT2D eigenvalue weighted by molar-refractivity contribution is -0.144. The first-order chi connectivity index (χ1) is 19.1. The molecule has 1 aliphatic rings. The second-order valence-corrected chi connectivity index (χ2v) is 11.2. The van der Waals surface area contributed by atoms with Crippen LogP contribution in [-0.2, 0) is 16.1 Å². The summed E-state index contributed by atoms with van der Waals surface area (Å²) < 4.78 is 0. The highest BCUT2D eigenvalue weighted by Crippen LogP contribution is 2.32. The van der Waals surface area contributed by atoms with Crippen LogP contribution < -0.4 is 10.6 Å². The second kappa shape index (κ2) is 12.6. The third kappa shape index (κ3) is 6.68. The van der Waals surface area contributed by atoms with Crippen molar-refractivity contribution in [2.45, 2.75) is 64.5 Å². The van der Waals surface area contributed by atoms with E-state index in [1.54, 1.807) is 6.20 Å². The van der Waals surface area contributed by atoms with Gasteiger partial charge in [0.15, 0.2) is 0 Å². The van der Waals surface area contributed by atoms with Gasteiger partial charge in [-0.1, -0.05) is 87.4 Å². The van der Waals surface area contributed by atoms with E-state index in [1.807, 2.05) is 88.4 Å². The molecule has 2 amide bonds. The van der Waals surface area contributed by atoms with Gasteiger partial charge in [-0.15, -0.1) is 0 Å². The SMILES string of the molecule is CC(C)C[C@H](NC(=O)C1(Cc2ccccc2)CC([C@@H](NC(=O)c2nccc3ccccc23)C(C)C)=NO1)B(O)O. The quantitative estimate of drug-likeness (QED) is 0.274. The Bertz CT molecular complexity index is 1360. The smallest absolute Gasteiger partial charge is 0.426 e. The van der Waals surface area contributed by atoms with Crippen molar-refractivity contribution in [3.8, 4) is 0 Å². The molecule has 2 aromatic carbocycles. The highest BCUT2D eigenvalue weighted by atomic mass is 16.7. The zero-order valence-electron chi connectivity index (χ0n) is 23.4. The number of carbonyl (C=O) groups excluding carboxylic acids is 2. The Morgan fingerprint density at radius 1 is 1.00 bits per heavy atom. The van der Waals surface area contributed by atoms with Crippen LogP contribution in [0.3, 0.4) is 0 Å². The lowest BCUT2D eigenvalue weighted by atomic mass is 9.74. The number of rotatable bonds is 11. The molecule has 4 rings (SSSR count). The van der Waals surface area contributed by atoms with Gasteiger partial charge in [-0.05, 0) is 35.3 Å². The molecule has 0 bridgehead atoms. The van der Waals surface area contributed by atoms with Crippen LogP contribution in [0.25, 0.3) is 10.8 Å². The summed E-state index contributed by atoms with van der Waals surface area (Å²) in [5.41, 5.74) is 0.282. The van der Waals surface area contributed by atoms with E-state index in [4.69, 9.17) is 4.84 Å². The van der Waals surface area contributed by atoms with Gasteiger partial charge >= 0.3 is 7.12 Å². The van der Waals surface area contributed by atoms with Crippen molar-refractivity contribution < 1.29 is 24.5 Å². The number of oxime groups is 1. The molecule has 0 spiro atoms. The molecule has 3 atom stereocenters. The summed E-state index contributed by atoms with van der Waals surface area (Å²) in [6.07, 6.45) is 2.32. The molecule has 9 nitrogen and oxygen atoms in total. The largest absolute Gasteiger partial charge is 0.475 e. The number of hydrogen-bond donors (Lipinski definition) is 4. The van der Waals surface area contributed by atoms with E-state index in [9.17, 15) is 19.6 Å². The third-order valence-electron chi connectivity index (χ3n) is 7.15. The predicted molar refractivity (Wildman–Crippen MR) is 155 cm³/mol. The number of benzene rings is 2. The van der Waals surface area contributed by atoms with Gasteiger partial charge in [0.1, 0.15) is 5.69 Å². The minimum atomic E-state index is -1.72. The predicted octanol–water partition coefficient (Wildman–Crippen LogP) is 3.29. The normalized spacial score (nSPS) is 18.2. The molecule has 0 saturated carbocycles. The van der Waals surface area contributed by atoms with Crippen molar-refractivity contribution >= 4 is 35.4 Å². The maximum Gasteiger partial charge on any atom is 0.475 e. The summed E-state index contributed by atoms with van der Waals surface area (Å²) in [6, 6.07) is 18.3. The number of pyridine rings is 1. The summed E-state index contributed by atoms with van der Waals surface area (Å²) in [5.74, 6) is -1.64. The number of carbonyl (C=O) groups is 2. The zero-order chi connectivity index (χ0) is 28.9. The summed E-state index contributed by atoms with van der Waals surface area (Å²) in [7, 11) is -1.72. The fraction of sp³-hybridized carbons (Fsp3) is 0.400. The number of hydrogen-bond acceptors (Lipinski definition) is 7. The molecule has 1 unspecified atom stereocenters. The highest BCUT2D eigenvalue weighted by Gasteiger charge is 2.49. The average molecular weight is 544 g/mol. The van der Waals surface area contributed by atoms with Crippen molar-refractivity contribution in [1.29, 1.82) is 0 Å². The lowest BCUT2D eigenvalue weighted by Gasteiger charge is -2.30. The molecule has 10 heteroatoms. The summed E-state index contributed by atoms with van der Waals surface area (Å²) in [5, 5.41) is 31.7. The monoisotopic (exact) mass is 544 g/mol. The number of nitrogens with zero attached hydrogens (tertiary/aromatic N) is 2. The average Bonchev–Trinajstić information content (AvgIpc) is 3.35. The van der Waals surface area contributed by atoms with Crippen molar-refractivity contribution in [2.75, 3.05) is 0 Å². The number of fused-ring (bicyclic) bond motifs is 1. The van der Waals surface area contributed by atoms with Crippen LogP contribution in [0.1, 0.15) is 56.6 Å². The van der Waals surface area contributed by atoms with Crippen LogP contribution >= 0.6 is 0 Å². The van der Waals surface area contributed by atoms with Gasteiger partial charge in [-0.2, -0.15) is 0 Å². The molecule has 2 heterocycles. The molecule has 0 aliphatic carbocycles. The Balaban J connectivity index is 1.60. The molecule has 0 saturated heterocycles. The Hall–Kier alpha value is -3.76. The van der Waals surface area contributed by atoms with E-state index in [2.05, 4.69) is 20.8 Å². The minimum Gasteiger partial charge on any atom is -0.426 e. The van der Waals surface area contributed by atoms with Gasteiger partial charge in [0.2, 0.25) is 5.60 Å². The van der Waals surface area contributed by atoms with Crippen molar-refractivity contribution in [3.05, 3.63) is 78.1 Å². The van der Waals surface area contributed by atoms with Crippen LogP contribution in [0.2, 0.25) is 0 Å². The molecule has 210 valence electrons. The summed E-state index contributed by atoms with van der Waals surface area (Å²) in [4.78, 5) is 37.5. The van der Waals surface area contributed by atoms with Gasteiger partial charge in [0, 0.05) is 24.4 Å². The van der Waals surface area contributed by atoms with Crippen LogP contribution in [0.5, 0.6) is 0 Å². The van der Waals surface area contributed by atoms with E-state index in [0.29, 0.717) is 17.8 Å². The lowest BCUT2D eigenvalue weighted by Crippen LogP contribution is -2.56. The molecule has 1 aromatic heterocycles. The van der Waals surface area contributed by atoms with Crippen molar-refractivity contribution in [3.63, 3.8) is 0 Å². The minimum absolute atomic E-state index is 0.0650. The topological polar surface area (TPSA) is 133 Å². The molecule has 3 aromatic rings. The summed E-state index contributed by atoms with van der Waals surface area (Å²) >= 11 is 0. The molecule has 1 aliphatic heterocycles. The first kappa shape index (κ1) is 29.2. The van der Waals surface area contributed by atoms with Crippen LogP contribution in [-0.4, -0.2) is 57.3 Å². The van der Waals surface area contributed by atoms with Crippen LogP contribution in [0.15, 0.2) is 72.0 Å². The second-order valence-electron chi connectivity index (χ2n) is 11.2. The number of aromatic nitrogens is 1. The van der Waals surface area contributed by atoms with Gasteiger partial charge in [0.25, 0.3) is 11.8 Å². The van der Waals surface area contributed by atoms with Crippen molar-refractivity contribution in [2.24, 2.45) is 17.0 Å². The maximum absolute atomic E-state index is 13.8. The van der Waals surface area contributed by atoms with E-state index in [-0.39, 0.29) is 30.6 Å². The molecule has 0 fully saturated rings. The number of nitrogens with one attached hydrogen (secondary N) is 2. The van der Waals surface area contributed by atoms with Gasteiger partial charge in [0.05, 0.1) is 17.7 Å². The Kier molecular flexibility index (Phi) is 9.22. The first-order valence-corrected chi connectivity index (χ1v) is 13.7. The Labute approximate surface area is 235 Å². The highest BCUT2D eigenvalue weighted by molar-refractivity contribution is 6.43. The summed E-state index contributed by atoms with van der Waals surface area (Å²) in [6.45, 7) is 7.80. The fourth-order valence-electron chi connectivity index (χ4n) is 5.10. The third-order valence-corrected chi connectivity index (χ3v) is 7.15. The fourth-order valence-corrected chi connectivity index (χ4v) is 5.10. The van der Waals surface area contributed by atoms with Crippen LogP contribution in [0.4, 0.5) is 0 Å². The van der Waals surface area contributed by atoms with E-state index in [0.717, 1.165) is 16.3 Å². The molecule has 40 heavy (non-hydrogen) atoms. The van der Waals surface area contributed by atoms with Crippen molar-refractivity contribution in [1.82, 2.24) is 15.6 Å². The van der Waals surface area contributed by atoms with E-state index < -0.39 is 30.6 Å². The van der Waals surface area contributed by atoms with Gasteiger partial charge in [-0.25, -0.2) is 0 Å². The zero-order valence-corrected chi connectivity index (χ0v) is 23.4. The molecular formula is C30H37BN4O5. The standard InChI is InChI=1S/C30H37BN4O5/c1-19(2)16-25(31(38)39)33-29(37)30(17-21-10-6-5-7-11-21)18-24(35-40-30)26(20(3)4)34-28(36)27-23-13-9-8-12-22(23)14-15-32-27/h5-15,19-20,25-26,38-39H,16-18H2,1-4H3,(H,33,37)(H,34,36)/t25-,26-,30?/m0/s1. The Morgan fingerprint density at radius 3 is 2.38 bits per heavy atom. The van der Waals surface area contributed by atoms with E-state index >= 15 is 0 Å². The molecule has 4 N–H and O–H groups in total. The van der Waals surface area contributed by atoms with E-state index in [1.165, 1.54) is 0 Å².